The monoisotopic (exact) mass is 1310 g/mol. The number of furan rings is 1. The van der Waals surface area contributed by atoms with Gasteiger partial charge in [0.25, 0.3) is 6.71 Å². The van der Waals surface area contributed by atoms with Crippen LogP contribution in [0.5, 0.6) is 23.0 Å². The van der Waals surface area contributed by atoms with E-state index in [1.807, 2.05) is 12.1 Å². The number of hydrogen-bond donors (Lipinski definition) is 0. The molecule has 5 heterocycles. The van der Waals surface area contributed by atoms with Crippen molar-refractivity contribution in [2.45, 2.75) is 97.8 Å². The fraction of sp³-hybridized carbons (Fsp3) is 0.209. The van der Waals surface area contributed by atoms with E-state index in [9.17, 15) is 0 Å². The minimum Gasteiger partial charge on any atom is -0.486 e. The molecule has 18 rings (SSSR count). The van der Waals surface area contributed by atoms with Crippen molar-refractivity contribution in [3.63, 3.8) is 0 Å². The average molecular weight is 1310 g/mol. The Labute approximate surface area is 587 Å². The van der Waals surface area contributed by atoms with Crippen LogP contribution in [0.3, 0.4) is 0 Å². The first-order chi connectivity index (χ1) is 48.2. The van der Waals surface area contributed by atoms with Gasteiger partial charge in [0.15, 0.2) is 23.0 Å². The smallest absolute Gasteiger partial charge is 0.252 e. The van der Waals surface area contributed by atoms with Crippen LogP contribution in [-0.4, -0.2) is 33.1 Å². The summed E-state index contributed by atoms with van der Waals surface area (Å²) in [5.74, 6) is 3.73. The highest BCUT2D eigenvalue weighted by Gasteiger charge is 2.46. The van der Waals surface area contributed by atoms with Crippen LogP contribution in [-0.2, 0) is 21.7 Å². The summed E-state index contributed by atoms with van der Waals surface area (Å²) >= 11 is 0. The summed E-state index contributed by atoms with van der Waals surface area (Å²) in [4.78, 5) is 7.55. The molecule has 1 aliphatic carbocycles. The molecule has 0 N–H and O–H groups in total. The van der Waals surface area contributed by atoms with Gasteiger partial charge in [-0.25, -0.2) is 0 Å². The van der Waals surface area contributed by atoms with E-state index < -0.39 is 0 Å². The maximum atomic E-state index is 6.64. The van der Waals surface area contributed by atoms with Crippen LogP contribution in [0.4, 0.5) is 51.2 Å². The van der Waals surface area contributed by atoms with Crippen LogP contribution < -0.4 is 50.0 Å². The fourth-order valence-electron chi connectivity index (χ4n) is 16.2. The van der Waals surface area contributed by atoms with Gasteiger partial charge in [-0.3, -0.25) is 0 Å². The van der Waals surface area contributed by atoms with E-state index in [1.165, 1.54) is 49.9 Å². The zero-order chi connectivity index (χ0) is 68.3. The minimum atomic E-state index is -0.280. The van der Waals surface area contributed by atoms with Gasteiger partial charge in [0.1, 0.15) is 37.8 Å². The normalized spacial score (nSPS) is 14.7. The standard InChI is InChI=1S/C91H80BN3O5/c1-88(2,3)63-27-22-55(23-28-63)61-43-62(56-24-29-64(30-25-56)89(4,5)6)46-69(45-61)95-77-36-31-65(90(7,8)9)48-75(77)92-76-53-85-86(99-41-40-98-85)54-78(76)94(68-34-37-82-84(52-68)97-39-38-96-82)79-50-70(51-80(95)87(79)92)93(67-33-35-72-71-17-13-14-18-73(71)91(10,11)74(72)49-67)66-32-26-57-42-60(21-20-58(57)44-66)83-47-59-16-12-15-19-81(59)100-83/h12-37,42-54H,38-41H2,1-11H3. The van der Waals surface area contributed by atoms with Gasteiger partial charge in [-0.05, 0) is 202 Å². The Balaban J connectivity index is 0.942. The van der Waals surface area contributed by atoms with Gasteiger partial charge in [-0.2, -0.15) is 0 Å². The largest absolute Gasteiger partial charge is 0.486 e. The number of anilines is 9. The van der Waals surface area contributed by atoms with Gasteiger partial charge in [-0.15, -0.1) is 0 Å². The molecule has 0 fully saturated rings. The van der Waals surface area contributed by atoms with Crippen molar-refractivity contribution in [1.82, 2.24) is 0 Å². The quantitative estimate of drug-likeness (QED) is 0.140. The van der Waals surface area contributed by atoms with Crippen molar-refractivity contribution in [1.29, 1.82) is 0 Å². The number of ether oxygens (including phenoxy) is 4. The molecule has 0 spiro atoms. The highest BCUT2D eigenvalue weighted by Crippen LogP contribution is 2.55. The summed E-state index contributed by atoms with van der Waals surface area (Å²) < 4.78 is 32.6. The van der Waals surface area contributed by atoms with E-state index in [0.717, 1.165) is 123 Å². The summed E-state index contributed by atoms with van der Waals surface area (Å²) in [7, 11) is 0. The Bertz CT molecular complexity index is 5400. The lowest BCUT2D eigenvalue weighted by Gasteiger charge is -2.45. The molecule has 0 amide bonds. The van der Waals surface area contributed by atoms with Crippen molar-refractivity contribution in [2.24, 2.45) is 0 Å². The highest BCUT2D eigenvalue weighted by molar-refractivity contribution is 7.00. The first-order valence-electron chi connectivity index (χ1n) is 35.4. The van der Waals surface area contributed by atoms with Crippen LogP contribution >= 0.6 is 0 Å². The van der Waals surface area contributed by atoms with E-state index in [1.54, 1.807) is 0 Å². The highest BCUT2D eigenvalue weighted by atomic mass is 16.6. The molecular formula is C91H80BN3O5. The molecule has 492 valence electrons. The molecule has 9 heteroatoms. The molecule has 0 saturated heterocycles. The third-order valence-electron chi connectivity index (χ3n) is 21.6. The maximum absolute atomic E-state index is 6.64. The molecule has 5 aliphatic rings. The number of hydrogen-bond acceptors (Lipinski definition) is 8. The number of benzene rings is 12. The number of rotatable bonds is 8. The van der Waals surface area contributed by atoms with Gasteiger partial charge >= 0.3 is 0 Å². The third-order valence-corrected chi connectivity index (χ3v) is 21.6. The maximum Gasteiger partial charge on any atom is 0.252 e. The van der Waals surface area contributed by atoms with E-state index in [-0.39, 0.29) is 28.4 Å². The second-order valence-electron chi connectivity index (χ2n) is 31.5. The summed E-state index contributed by atoms with van der Waals surface area (Å²) in [5.41, 5.74) is 27.6. The Morgan fingerprint density at radius 2 is 0.910 bits per heavy atom. The predicted octanol–water partition coefficient (Wildman–Crippen LogP) is 21.9. The summed E-state index contributed by atoms with van der Waals surface area (Å²) in [6, 6.07) is 89.0. The lowest BCUT2D eigenvalue weighted by atomic mass is 9.33. The Morgan fingerprint density at radius 3 is 1.59 bits per heavy atom. The molecule has 1 aromatic heterocycles. The zero-order valence-corrected chi connectivity index (χ0v) is 58.8. The molecule has 4 aliphatic heterocycles. The van der Waals surface area contributed by atoms with E-state index in [4.69, 9.17) is 23.4 Å². The Kier molecular flexibility index (Phi) is 13.9. The average Bonchev–Trinajstić information content (AvgIpc) is 0.870. The Morgan fingerprint density at radius 1 is 0.360 bits per heavy atom. The third kappa shape index (κ3) is 10.2. The predicted molar refractivity (Wildman–Crippen MR) is 414 cm³/mol. The summed E-state index contributed by atoms with van der Waals surface area (Å²) in [6.45, 7) is 27.0. The number of nitrogens with zero attached hydrogens (tertiary/aromatic N) is 3. The fourth-order valence-corrected chi connectivity index (χ4v) is 16.2. The first kappa shape index (κ1) is 61.4. The molecule has 8 nitrogen and oxygen atoms in total. The van der Waals surface area contributed by atoms with Crippen molar-refractivity contribution in [2.75, 3.05) is 41.1 Å². The molecular weight excluding hydrogens is 1230 g/mol. The summed E-state index contributed by atoms with van der Waals surface area (Å²) in [6.07, 6.45) is 0. The van der Waals surface area contributed by atoms with Crippen molar-refractivity contribution in [3.8, 4) is 67.7 Å². The molecule has 0 bridgehead atoms. The first-order valence-corrected chi connectivity index (χ1v) is 35.4. The van der Waals surface area contributed by atoms with Crippen LogP contribution in [0.25, 0.3) is 66.4 Å². The SMILES string of the molecule is CC(C)(C)c1ccc(-c2cc(-c3ccc(C(C)(C)C)cc3)cc(N3c4ccc(C(C)(C)C)cc4B4c5cc6c(cc5N(c5ccc7c(c5)OCCO7)c5cc(N(c7ccc8c(c7)C(C)(C)c7ccccc7-8)c7ccc8cc(-c9cc%10ccccc%10o9)ccc8c7)cc3c54)OCCO6)c2)cc1. The second kappa shape index (κ2) is 22.6. The lowest BCUT2D eigenvalue weighted by Crippen LogP contribution is -2.61. The molecule has 100 heavy (non-hydrogen) atoms. The molecule has 0 saturated carbocycles. The summed E-state index contributed by atoms with van der Waals surface area (Å²) in [5, 5.41) is 3.30. The molecule has 0 atom stereocenters. The second-order valence-corrected chi connectivity index (χ2v) is 31.5. The lowest BCUT2D eigenvalue weighted by molar-refractivity contribution is 0.171. The van der Waals surface area contributed by atoms with Gasteiger partial charge < -0.3 is 38.1 Å². The van der Waals surface area contributed by atoms with Crippen LogP contribution in [0.2, 0.25) is 0 Å². The topological polar surface area (TPSA) is 59.8 Å². The van der Waals surface area contributed by atoms with Gasteiger partial charge in [-0.1, -0.05) is 204 Å². The molecule has 0 unspecified atom stereocenters. The van der Waals surface area contributed by atoms with Crippen LogP contribution in [0, 0.1) is 0 Å². The molecule has 0 radical (unpaired) electrons. The van der Waals surface area contributed by atoms with Gasteiger partial charge in [0.05, 0.1) is 11.4 Å². The number of fused-ring (bicyclic) bond motifs is 11. The molecule has 12 aromatic carbocycles. The van der Waals surface area contributed by atoms with Crippen LogP contribution in [0.15, 0.2) is 241 Å². The van der Waals surface area contributed by atoms with E-state index >= 15 is 0 Å². The molecule has 13 aromatic rings. The van der Waals surface area contributed by atoms with Gasteiger partial charge in [0, 0.05) is 68.3 Å². The Hall–Kier alpha value is -10.9. The van der Waals surface area contributed by atoms with Crippen molar-refractivity contribution < 1.29 is 23.4 Å². The van der Waals surface area contributed by atoms with Crippen LogP contribution in [0.1, 0.15) is 104 Å². The minimum absolute atomic E-state index is 0.0171. The zero-order valence-electron chi connectivity index (χ0n) is 58.8. The van der Waals surface area contributed by atoms with Gasteiger partial charge in [0.2, 0.25) is 0 Å². The number of para-hydroxylation sites is 1. The van der Waals surface area contributed by atoms with Crippen molar-refractivity contribution >= 4 is 96.0 Å². The van der Waals surface area contributed by atoms with E-state index in [2.05, 4.69) is 315 Å². The van der Waals surface area contributed by atoms with E-state index in [0.29, 0.717) is 37.9 Å². The van der Waals surface area contributed by atoms with Crippen molar-refractivity contribution in [3.05, 3.63) is 264 Å².